The molecule has 5 rings (SSSR count). The van der Waals surface area contributed by atoms with E-state index < -0.39 is 0 Å². The highest BCUT2D eigenvalue weighted by Gasteiger charge is 2.56. The minimum atomic E-state index is 0.387. The Bertz CT molecular complexity index is 624. The van der Waals surface area contributed by atoms with Crippen molar-refractivity contribution in [2.24, 2.45) is 5.92 Å². The standard InChI is InChI=1S/C23H36N2O2/c1-18-5-8-21(27-18)15-24-13-9-20(10-14-24)25-16-22(26-17-19-6-7-19)23(25)11-3-2-4-12-23/h5,8,19-20,22H,2-4,6-7,9-17H2,1H3. The van der Waals surface area contributed by atoms with Gasteiger partial charge in [0, 0.05) is 37.8 Å². The summed E-state index contributed by atoms with van der Waals surface area (Å²) in [6.07, 6.45) is 12.9. The molecule has 4 aliphatic rings. The summed E-state index contributed by atoms with van der Waals surface area (Å²) in [4.78, 5) is 5.46. The average molecular weight is 373 g/mol. The van der Waals surface area contributed by atoms with Crippen molar-refractivity contribution in [2.75, 3.05) is 26.2 Å². The number of hydrogen-bond donors (Lipinski definition) is 0. The fourth-order valence-corrected chi connectivity index (χ4v) is 5.81. The van der Waals surface area contributed by atoms with Crippen LogP contribution >= 0.6 is 0 Å². The first-order chi connectivity index (χ1) is 13.2. The van der Waals surface area contributed by atoms with E-state index >= 15 is 0 Å². The van der Waals surface area contributed by atoms with Gasteiger partial charge in [0.2, 0.25) is 0 Å². The Morgan fingerprint density at radius 3 is 2.52 bits per heavy atom. The Hall–Kier alpha value is -0.840. The Labute approximate surface area is 164 Å². The molecule has 2 aliphatic carbocycles. The lowest BCUT2D eigenvalue weighted by Crippen LogP contribution is -2.75. The van der Waals surface area contributed by atoms with E-state index in [1.165, 1.54) is 77.4 Å². The number of hydrogen-bond acceptors (Lipinski definition) is 4. The zero-order valence-electron chi connectivity index (χ0n) is 17.0. The maximum Gasteiger partial charge on any atom is 0.118 e. The molecule has 1 aromatic heterocycles. The molecule has 4 fully saturated rings. The number of furan rings is 1. The van der Waals surface area contributed by atoms with Crippen LogP contribution in [0.2, 0.25) is 0 Å². The van der Waals surface area contributed by atoms with E-state index in [0.717, 1.165) is 36.6 Å². The number of likely N-dealkylation sites (tertiary alicyclic amines) is 2. The molecule has 2 saturated carbocycles. The Morgan fingerprint density at radius 1 is 1.07 bits per heavy atom. The first-order valence-corrected chi connectivity index (χ1v) is 11.4. The maximum absolute atomic E-state index is 6.45. The minimum Gasteiger partial charge on any atom is -0.465 e. The molecular formula is C23H36N2O2. The number of nitrogens with zero attached hydrogens (tertiary/aromatic N) is 2. The van der Waals surface area contributed by atoms with Crippen LogP contribution in [0.5, 0.6) is 0 Å². The molecule has 0 amide bonds. The molecule has 1 spiro atoms. The number of ether oxygens (including phenoxy) is 1. The van der Waals surface area contributed by atoms with Gasteiger partial charge in [0.15, 0.2) is 0 Å². The van der Waals surface area contributed by atoms with E-state index in [0.29, 0.717) is 11.6 Å². The summed E-state index contributed by atoms with van der Waals surface area (Å²) in [5.74, 6) is 3.03. The Morgan fingerprint density at radius 2 is 1.85 bits per heavy atom. The SMILES string of the molecule is Cc1ccc(CN2CCC(N3CC(OCC4CC4)C34CCCCC4)CC2)o1. The van der Waals surface area contributed by atoms with Crippen molar-refractivity contribution in [1.29, 1.82) is 0 Å². The predicted molar refractivity (Wildman–Crippen MR) is 107 cm³/mol. The van der Waals surface area contributed by atoms with Crippen molar-refractivity contribution >= 4 is 0 Å². The summed E-state index contributed by atoms with van der Waals surface area (Å²) in [5.41, 5.74) is 0.387. The van der Waals surface area contributed by atoms with Gasteiger partial charge in [-0.2, -0.15) is 0 Å². The molecule has 2 saturated heterocycles. The molecule has 1 aromatic rings. The van der Waals surface area contributed by atoms with Crippen LogP contribution in [0.1, 0.15) is 69.3 Å². The molecule has 1 unspecified atom stereocenters. The Kier molecular flexibility index (Phi) is 5.08. The largest absolute Gasteiger partial charge is 0.465 e. The van der Waals surface area contributed by atoms with Gasteiger partial charge < -0.3 is 9.15 Å². The fraction of sp³-hybridized carbons (Fsp3) is 0.826. The van der Waals surface area contributed by atoms with Gasteiger partial charge in [-0.25, -0.2) is 0 Å². The summed E-state index contributed by atoms with van der Waals surface area (Å²) >= 11 is 0. The molecule has 3 heterocycles. The van der Waals surface area contributed by atoms with Crippen molar-refractivity contribution in [3.63, 3.8) is 0 Å². The van der Waals surface area contributed by atoms with E-state index in [1.807, 2.05) is 6.92 Å². The summed E-state index contributed by atoms with van der Waals surface area (Å²) in [7, 11) is 0. The zero-order valence-corrected chi connectivity index (χ0v) is 17.0. The highest BCUT2D eigenvalue weighted by atomic mass is 16.5. The maximum atomic E-state index is 6.45. The van der Waals surface area contributed by atoms with Crippen LogP contribution in [0.25, 0.3) is 0 Å². The van der Waals surface area contributed by atoms with Crippen molar-refractivity contribution in [3.8, 4) is 0 Å². The fourth-order valence-electron chi connectivity index (χ4n) is 5.81. The molecule has 4 nitrogen and oxygen atoms in total. The third kappa shape index (κ3) is 3.73. The van der Waals surface area contributed by atoms with E-state index in [-0.39, 0.29) is 0 Å². The molecule has 150 valence electrons. The van der Waals surface area contributed by atoms with Crippen LogP contribution in [0.4, 0.5) is 0 Å². The van der Waals surface area contributed by atoms with Gasteiger partial charge in [-0.15, -0.1) is 0 Å². The van der Waals surface area contributed by atoms with Gasteiger partial charge in [-0.05, 0) is 63.5 Å². The summed E-state index contributed by atoms with van der Waals surface area (Å²) < 4.78 is 12.2. The van der Waals surface area contributed by atoms with E-state index in [4.69, 9.17) is 9.15 Å². The second-order valence-corrected chi connectivity index (χ2v) is 9.60. The molecule has 2 aliphatic heterocycles. The summed E-state index contributed by atoms with van der Waals surface area (Å²) in [5, 5.41) is 0. The predicted octanol–water partition coefficient (Wildman–Crippen LogP) is 4.37. The van der Waals surface area contributed by atoms with Gasteiger partial charge in [-0.1, -0.05) is 19.3 Å². The van der Waals surface area contributed by atoms with Gasteiger partial charge in [0.1, 0.15) is 11.5 Å². The smallest absolute Gasteiger partial charge is 0.118 e. The van der Waals surface area contributed by atoms with Gasteiger partial charge in [-0.3, -0.25) is 9.80 Å². The van der Waals surface area contributed by atoms with Crippen LogP contribution in [-0.4, -0.2) is 53.7 Å². The van der Waals surface area contributed by atoms with Crippen molar-refractivity contribution in [2.45, 2.75) is 88.9 Å². The lowest BCUT2D eigenvalue weighted by molar-refractivity contribution is -0.203. The van der Waals surface area contributed by atoms with Gasteiger partial charge >= 0.3 is 0 Å². The molecule has 0 N–H and O–H groups in total. The van der Waals surface area contributed by atoms with Crippen LogP contribution in [0.3, 0.4) is 0 Å². The monoisotopic (exact) mass is 372 g/mol. The van der Waals surface area contributed by atoms with E-state index in [2.05, 4.69) is 21.9 Å². The normalized spacial score (nSPS) is 29.9. The highest BCUT2D eigenvalue weighted by Crippen LogP contribution is 2.48. The zero-order chi connectivity index (χ0) is 18.3. The molecule has 1 atom stereocenters. The van der Waals surface area contributed by atoms with Crippen molar-refractivity contribution < 1.29 is 9.15 Å². The lowest BCUT2D eigenvalue weighted by Gasteiger charge is -2.63. The number of aryl methyl sites for hydroxylation is 1. The second kappa shape index (κ2) is 7.53. The molecular weight excluding hydrogens is 336 g/mol. The van der Waals surface area contributed by atoms with Gasteiger partial charge in [0.05, 0.1) is 12.6 Å². The first-order valence-electron chi connectivity index (χ1n) is 11.4. The number of piperidine rings is 1. The van der Waals surface area contributed by atoms with Crippen molar-refractivity contribution in [1.82, 2.24) is 9.80 Å². The molecule has 4 heteroatoms. The quantitative estimate of drug-likeness (QED) is 0.742. The average Bonchev–Trinajstić information content (AvgIpc) is 3.43. The highest BCUT2D eigenvalue weighted by molar-refractivity contribution is 5.12. The molecule has 0 aromatic carbocycles. The topological polar surface area (TPSA) is 28.9 Å². The van der Waals surface area contributed by atoms with Crippen LogP contribution < -0.4 is 0 Å². The minimum absolute atomic E-state index is 0.387. The lowest BCUT2D eigenvalue weighted by atomic mass is 9.69. The van der Waals surface area contributed by atoms with E-state index in [1.54, 1.807) is 0 Å². The molecule has 0 radical (unpaired) electrons. The third-order valence-corrected chi connectivity index (χ3v) is 7.66. The van der Waals surface area contributed by atoms with Crippen LogP contribution in [0.15, 0.2) is 16.5 Å². The number of rotatable bonds is 6. The Balaban J connectivity index is 1.17. The summed E-state index contributed by atoms with van der Waals surface area (Å²) in [6.45, 7) is 7.62. The molecule has 0 bridgehead atoms. The first kappa shape index (κ1) is 18.2. The van der Waals surface area contributed by atoms with Crippen LogP contribution in [-0.2, 0) is 11.3 Å². The molecule has 27 heavy (non-hydrogen) atoms. The van der Waals surface area contributed by atoms with E-state index in [9.17, 15) is 0 Å². The summed E-state index contributed by atoms with van der Waals surface area (Å²) in [6, 6.07) is 4.98. The van der Waals surface area contributed by atoms with Gasteiger partial charge in [0.25, 0.3) is 0 Å². The second-order valence-electron chi connectivity index (χ2n) is 9.60. The third-order valence-electron chi connectivity index (χ3n) is 7.66. The van der Waals surface area contributed by atoms with Crippen molar-refractivity contribution in [3.05, 3.63) is 23.7 Å². The van der Waals surface area contributed by atoms with Crippen LogP contribution in [0, 0.1) is 12.8 Å².